The molecule has 0 bridgehead atoms. The van der Waals surface area contributed by atoms with Crippen LogP contribution in [-0.4, -0.2) is 19.3 Å². The van der Waals surface area contributed by atoms with E-state index < -0.39 is 0 Å². The number of rotatable bonds is 8. The van der Waals surface area contributed by atoms with Crippen molar-refractivity contribution in [2.45, 2.75) is 33.3 Å². The fourth-order valence-electron chi connectivity index (χ4n) is 1.58. The fourth-order valence-corrected chi connectivity index (χ4v) is 1.58. The van der Waals surface area contributed by atoms with Gasteiger partial charge in [0.1, 0.15) is 11.9 Å². The van der Waals surface area contributed by atoms with Gasteiger partial charge in [0.2, 0.25) is 0 Å². The highest BCUT2D eigenvalue weighted by Crippen LogP contribution is 2.20. The summed E-state index contributed by atoms with van der Waals surface area (Å²) < 4.78 is 11.4. The molecule has 0 aliphatic rings. The van der Waals surface area contributed by atoms with E-state index in [9.17, 15) is 0 Å². The molecular formula is C16H24O2. The summed E-state index contributed by atoms with van der Waals surface area (Å²) >= 11 is 0. The maximum atomic E-state index is 5.85. The first-order valence-electron chi connectivity index (χ1n) is 6.59. The van der Waals surface area contributed by atoms with E-state index in [1.54, 1.807) is 0 Å². The molecule has 1 aromatic rings. The molecule has 0 saturated carbocycles. The first-order valence-corrected chi connectivity index (χ1v) is 6.59. The number of para-hydroxylation sites is 1. The Morgan fingerprint density at radius 2 is 1.94 bits per heavy atom. The van der Waals surface area contributed by atoms with Crippen molar-refractivity contribution in [3.63, 3.8) is 0 Å². The van der Waals surface area contributed by atoms with Gasteiger partial charge in [-0.3, -0.25) is 0 Å². The van der Waals surface area contributed by atoms with Gasteiger partial charge in [-0.05, 0) is 25.3 Å². The maximum absolute atomic E-state index is 5.85. The molecule has 0 aliphatic heterocycles. The van der Waals surface area contributed by atoms with Crippen molar-refractivity contribution in [1.29, 1.82) is 0 Å². The van der Waals surface area contributed by atoms with Crippen LogP contribution in [-0.2, 0) is 4.74 Å². The predicted octanol–water partition coefficient (Wildman–Crippen LogP) is 4.16. The summed E-state index contributed by atoms with van der Waals surface area (Å²) in [5.74, 6) is 1.55. The molecule has 1 rings (SSSR count). The second-order valence-electron chi connectivity index (χ2n) is 4.93. The fraction of sp³-hybridized carbons (Fsp3) is 0.500. The summed E-state index contributed by atoms with van der Waals surface area (Å²) in [7, 11) is 0. The zero-order chi connectivity index (χ0) is 13.4. The smallest absolute Gasteiger partial charge is 0.127 e. The van der Waals surface area contributed by atoms with Crippen molar-refractivity contribution in [2.75, 3.05) is 13.2 Å². The van der Waals surface area contributed by atoms with Gasteiger partial charge in [-0.1, -0.05) is 44.7 Å². The molecule has 0 spiro atoms. The number of hydrogen-bond donors (Lipinski definition) is 0. The summed E-state index contributed by atoms with van der Waals surface area (Å²) in [6.07, 6.45) is 2.95. The average Bonchev–Trinajstić information content (AvgIpc) is 2.35. The van der Waals surface area contributed by atoms with Crippen LogP contribution in [0.2, 0.25) is 0 Å². The third-order valence-corrected chi connectivity index (χ3v) is 2.66. The van der Waals surface area contributed by atoms with Gasteiger partial charge >= 0.3 is 0 Å². The Bertz CT molecular complexity index is 358. The van der Waals surface area contributed by atoms with E-state index in [1.165, 1.54) is 0 Å². The number of benzene rings is 1. The Morgan fingerprint density at radius 1 is 1.22 bits per heavy atom. The molecule has 1 atom stereocenters. The van der Waals surface area contributed by atoms with E-state index in [2.05, 4.69) is 20.4 Å². The van der Waals surface area contributed by atoms with E-state index in [1.807, 2.05) is 37.3 Å². The molecule has 1 unspecified atom stereocenters. The lowest BCUT2D eigenvalue weighted by Gasteiger charge is -2.17. The normalized spacial score (nSPS) is 12.4. The van der Waals surface area contributed by atoms with Gasteiger partial charge in [0.25, 0.3) is 0 Å². The van der Waals surface area contributed by atoms with Gasteiger partial charge in [0.05, 0.1) is 6.61 Å². The zero-order valence-electron chi connectivity index (χ0n) is 11.7. The summed E-state index contributed by atoms with van der Waals surface area (Å²) in [5.41, 5.74) is 1.02. The second kappa shape index (κ2) is 7.93. The molecule has 2 heteroatoms. The second-order valence-corrected chi connectivity index (χ2v) is 4.93. The van der Waals surface area contributed by atoms with E-state index in [-0.39, 0.29) is 6.10 Å². The number of ether oxygens (including phenoxy) is 2. The van der Waals surface area contributed by atoms with Gasteiger partial charge in [0.15, 0.2) is 0 Å². The van der Waals surface area contributed by atoms with Gasteiger partial charge in [-0.15, -0.1) is 0 Å². The molecule has 0 N–H and O–H groups in total. The van der Waals surface area contributed by atoms with Gasteiger partial charge in [-0.2, -0.15) is 0 Å². The van der Waals surface area contributed by atoms with Crippen LogP contribution in [0.25, 0.3) is 6.08 Å². The van der Waals surface area contributed by atoms with Crippen LogP contribution in [0, 0.1) is 5.92 Å². The van der Waals surface area contributed by atoms with E-state index >= 15 is 0 Å². The molecule has 2 nitrogen and oxygen atoms in total. The molecule has 18 heavy (non-hydrogen) atoms. The molecule has 0 heterocycles. The Morgan fingerprint density at radius 3 is 2.61 bits per heavy atom. The Kier molecular flexibility index (Phi) is 6.51. The highest BCUT2D eigenvalue weighted by molar-refractivity contribution is 5.55. The zero-order valence-corrected chi connectivity index (χ0v) is 11.7. The Balaban J connectivity index is 2.35. The van der Waals surface area contributed by atoms with Crippen LogP contribution in [0.4, 0.5) is 0 Å². The molecule has 1 aromatic carbocycles. The maximum Gasteiger partial charge on any atom is 0.127 e. The topological polar surface area (TPSA) is 18.5 Å². The van der Waals surface area contributed by atoms with Crippen LogP contribution in [0.5, 0.6) is 5.75 Å². The molecule has 0 radical (unpaired) electrons. The lowest BCUT2D eigenvalue weighted by Crippen LogP contribution is -2.20. The van der Waals surface area contributed by atoms with Crippen LogP contribution in [0.15, 0.2) is 30.8 Å². The van der Waals surface area contributed by atoms with Crippen LogP contribution in [0.1, 0.15) is 32.8 Å². The molecule has 0 fully saturated rings. The van der Waals surface area contributed by atoms with Crippen molar-refractivity contribution in [2.24, 2.45) is 5.92 Å². The minimum atomic E-state index is 0.0539. The molecule has 0 aliphatic carbocycles. The van der Waals surface area contributed by atoms with E-state index in [0.29, 0.717) is 12.5 Å². The lowest BCUT2D eigenvalue weighted by atomic mass is 10.1. The lowest BCUT2D eigenvalue weighted by molar-refractivity contribution is 0.0534. The SMILES string of the molecule is C=Cc1ccccc1OC(C)COCCC(C)C. The summed E-state index contributed by atoms with van der Waals surface area (Å²) in [5, 5.41) is 0. The third-order valence-electron chi connectivity index (χ3n) is 2.66. The van der Waals surface area contributed by atoms with Crippen molar-refractivity contribution >= 4 is 6.08 Å². The van der Waals surface area contributed by atoms with Crippen molar-refractivity contribution in [1.82, 2.24) is 0 Å². The predicted molar refractivity (Wildman–Crippen MR) is 76.9 cm³/mol. The van der Waals surface area contributed by atoms with Gasteiger partial charge in [-0.25, -0.2) is 0 Å². The highest BCUT2D eigenvalue weighted by Gasteiger charge is 2.06. The van der Waals surface area contributed by atoms with Gasteiger partial charge < -0.3 is 9.47 Å². The minimum absolute atomic E-state index is 0.0539. The quantitative estimate of drug-likeness (QED) is 0.643. The largest absolute Gasteiger partial charge is 0.488 e. The molecule has 0 amide bonds. The summed E-state index contributed by atoms with van der Waals surface area (Å²) in [4.78, 5) is 0. The highest BCUT2D eigenvalue weighted by atomic mass is 16.5. The van der Waals surface area contributed by atoms with Crippen molar-refractivity contribution < 1.29 is 9.47 Å². The molecule has 0 saturated heterocycles. The number of hydrogen-bond acceptors (Lipinski definition) is 2. The first kappa shape index (κ1) is 14.8. The molecule has 100 valence electrons. The Labute approximate surface area is 111 Å². The molecular weight excluding hydrogens is 224 g/mol. The standard InChI is InChI=1S/C16H24O2/c1-5-15-8-6-7-9-16(15)18-14(4)12-17-11-10-13(2)3/h5-9,13-14H,1,10-12H2,2-4H3. The van der Waals surface area contributed by atoms with Crippen LogP contribution >= 0.6 is 0 Å². The average molecular weight is 248 g/mol. The van der Waals surface area contributed by atoms with Gasteiger partial charge in [0, 0.05) is 12.2 Å². The van der Waals surface area contributed by atoms with E-state index in [0.717, 1.165) is 24.3 Å². The Hall–Kier alpha value is -1.28. The minimum Gasteiger partial charge on any atom is -0.488 e. The van der Waals surface area contributed by atoms with Crippen molar-refractivity contribution in [3.8, 4) is 5.75 Å². The third kappa shape index (κ3) is 5.37. The summed E-state index contributed by atoms with van der Waals surface area (Å²) in [6, 6.07) is 7.90. The molecule has 0 aromatic heterocycles. The van der Waals surface area contributed by atoms with E-state index in [4.69, 9.17) is 9.47 Å². The first-order chi connectivity index (χ1) is 8.63. The summed E-state index contributed by atoms with van der Waals surface area (Å²) in [6.45, 7) is 11.6. The van der Waals surface area contributed by atoms with Crippen LogP contribution < -0.4 is 4.74 Å². The van der Waals surface area contributed by atoms with Crippen LogP contribution in [0.3, 0.4) is 0 Å². The van der Waals surface area contributed by atoms with Crippen molar-refractivity contribution in [3.05, 3.63) is 36.4 Å². The monoisotopic (exact) mass is 248 g/mol.